The van der Waals surface area contributed by atoms with Crippen LogP contribution in [0.15, 0.2) is 18.3 Å². The predicted octanol–water partition coefficient (Wildman–Crippen LogP) is 0.274. The van der Waals surface area contributed by atoms with Crippen molar-refractivity contribution in [2.24, 2.45) is 5.73 Å². The number of aliphatic hydroxyl groups is 1. The van der Waals surface area contributed by atoms with Crippen molar-refractivity contribution in [2.75, 3.05) is 11.5 Å². The van der Waals surface area contributed by atoms with E-state index in [1.807, 2.05) is 12.1 Å². The number of aryl methyl sites for hydroxylation is 1. The number of urea groups is 1. The maximum absolute atomic E-state index is 11.3. The zero-order chi connectivity index (χ0) is 10.8. The highest BCUT2D eigenvalue weighted by molar-refractivity contribution is 5.91. The van der Waals surface area contributed by atoms with Gasteiger partial charge in [-0.3, -0.25) is 4.90 Å². The van der Waals surface area contributed by atoms with Crippen LogP contribution in [0, 0.1) is 0 Å². The molecule has 0 radical (unpaired) electrons. The lowest BCUT2D eigenvalue weighted by Crippen LogP contribution is -2.48. The zero-order valence-electron chi connectivity index (χ0n) is 8.26. The average Bonchev–Trinajstić information content (AvgIpc) is 2.27. The Hall–Kier alpha value is -1.62. The number of fused-ring (bicyclic) bond motifs is 1. The van der Waals surface area contributed by atoms with Gasteiger partial charge in [-0.25, -0.2) is 9.78 Å². The van der Waals surface area contributed by atoms with E-state index < -0.39 is 6.03 Å². The summed E-state index contributed by atoms with van der Waals surface area (Å²) in [7, 11) is 0. The van der Waals surface area contributed by atoms with E-state index in [1.54, 1.807) is 6.20 Å². The van der Waals surface area contributed by atoms with Gasteiger partial charge in [0.25, 0.3) is 0 Å². The predicted molar refractivity (Wildman–Crippen MR) is 55.5 cm³/mol. The number of amides is 2. The molecule has 1 unspecified atom stereocenters. The van der Waals surface area contributed by atoms with Gasteiger partial charge in [-0.2, -0.15) is 0 Å². The lowest BCUT2D eigenvalue weighted by Gasteiger charge is -2.33. The molecule has 5 heteroatoms. The number of nitrogens with zero attached hydrogens (tertiary/aromatic N) is 2. The van der Waals surface area contributed by atoms with Crippen molar-refractivity contribution in [3.8, 4) is 0 Å². The number of rotatable bonds is 1. The van der Waals surface area contributed by atoms with E-state index in [0.29, 0.717) is 5.82 Å². The summed E-state index contributed by atoms with van der Waals surface area (Å²) in [6, 6.07) is 2.95. The Kier molecular flexibility index (Phi) is 2.55. The quantitative estimate of drug-likeness (QED) is 0.693. The van der Waals surface area contributed by atoms with Crippen molar-refractivity contribution in [1.82, 2.24) is 4.98 Å². The van der Waals surface area contributed by atoms with Gasteiger partial charge in [0.1, 0.15) is 5.82 Å². The molecule has 0 aliphatic carbocycles. The number of primary amides is 1. The number of aromatic nitrogens is 1. The molecule has 2 heterocycles. The minimum absolute atomic E-state index is 0.0844. The second kappa shape index (κ2) is 3.86. The maximum atomic E-state index is 11.3. The van der Waals surface area contributed by atoms with Gasteiger partial charge in [-0.1, -0.05) is 6.07 Å². The normalized spacial score (nSPS) is 19.8. The zero-order valence-corrected chi connectivity index (χ0v) is 8.26. The average molecular weight is 207 g/mol. The third-order valence-electron chi connectivity index (χ3n) is 2.66. The Morgan fingerprint density at radius 3 is 3.20 bits per heavy atom. The molecular weight excluding hydrogens is 194 g/mol. The van der Waals surface area contributed by atoms with Gasteiger partial charge in [0.15, 0.2) is 0 Å². The second-order valence-corrected chi connectivity index (χ2v) is 3.57. The summed E-state index contributed by atoms with van der Waals surface area (Å²) in [5.74, 6) is 0.579. The molecular formula is C10H13N3O2. The van der Waals surface area contributed by atoms with Gasteiger partial charge < -0.3 is 10.8 Å². The highest BCUT2D eigenvalue weighted by atomic mass is 16.3. The van der Waals surface area contributed by atoms with Crippen LogP contribution in [0.1, 0.15) is 12.0 Å². The first-order valence-electron chi connectivity index (χ1n) is 4.87. The van der Waals surface area contributed by atoms with Gasteiger partial charge in [-0.05, 0) is 24.5 Å². The Labute approximate surface area is 87.5 Å². The molecule has 2 rings (SSSR count). The van der Waals surface area contributed by atoms with E-state index in [0.717, 1.165) is 18.4 Å². The highest BCUT2D eigenvalue weighted by Gasteiger charge is 2.29. The summed E-state index contributed by atoms with van der Waals surface area (Å²) >= 11 is 0. The second-order valence-electron chi connectivity index (χ2n) is 3.57. The fourth-order valence-electron chi connectivity index (χ4n) is 1.92. The lowest BCUT2D eigenvalue weighted by atomic mass is 9.99. The van der Waals surface area contributed by atoms with Crippen LogP contribution in [-0.4, -0.2) is 28.8 Å². The monoisotopic (exact) mass is 207 g/mol. The van der Waals surface area contributed by atoms with Gasteiger partial charge in [-0.15, -0.1) is 0 Å². The Bertz CT molecular complexity index is 381. The van der Waals surface area contributed by atoms with Crippen LogP contribution < -0.4 is 10.6 Å². The Balaban J connectivity index is 2.43. The first kappa shape index (κ1) is 9.92. The molecule has 1 aromatic heterocycles. The Morgan fingerprint density at radius 1 is 1.73 bits per heavy atom. The molecule has 0 bridgehead atoms. The highest BCUT2D eigenvalue weighted by Crippen LogP contribution is 2.27. The number of pyridine rings is 1. The molecule has 15 heavy (non-hydrogen) atoms. The number of anilines is 1. The maximum Gasteiger partial charge on any atom is 0.320 e. The summed E-state index contributed by atoms with van der Waals surface area (Å²) in [5, 5.41) is 9.16. The molecule has 1 atom stereocenters. The molecule has 0 fully saturated rings. The molecule has 1 aromatic rings. The van der Waals surface area contributed by atoms with E-state index in [2.05, 4.69) is 4.98 Å². The number of hydrogen-bond donors (Lipinski definition) is 2. The molecule has 0 aromatic carbocycles. The summed E-state index contributed by atoms with van der Waals surface area (Å²) in [6.45, 7) is -0.0844. The largest absolute Gasteiger partial charge is 0.394 e. The standard InChI is InChI=1S/C10H13N3O2/c11-10(15)13-8(6-14)4-3-7-2-1-5-12-9(7)13/h1-2,5,8,14H,3-4,6H2,(H2,11,15). The SMILES string of the molecule is NC(=O)N1c2ncccc2CCC1CO. The van der Waals surface area contributed by atoms with Crippen LogP contribution in [0.25, 0.3) is 0 Å². The molecule has 0 saturated heterocycles. The third kappa shape index (κ3) is 1.66. The summed E-state index contributed by atoms with van der Waals surface area (Å²) in [4.78, 5) is 16.8. The van der Waals surface area contributed by atoms with Crippen LogP contribution in [-0.2, 0) is 6.42 Å². The molecule has 80 valence electrons. The van der Waals surface area contributed by atoms with E-state index >= 15 is 0 Å². The van der Waals surface area contributed by atoms with E-state index in [4.69, 9.17) is 10.8 Å². The summed E-state index contributed by atoms with van der Waals surface area (Å²) < 4.78 is 0. The topological polar surface area (TPSA) is 79.5 Å². The molecule has 3 N–H and O–H groups in total. The van der Waals surface area contributed by atoms with Crippen LogP contribution in [0.3, 0.4) is 0 Å². The van der Waals surface area contributed by atoms with Gasteiger partial charge in [0, 0.05) is 6.20 Å². The first-order chi connectivity index (χ1) is 7.24. The van der Waals surface area contributed by atoms with Crippen LogP contribution >= 0.6 is 0 Å². The number of carbonyl (C=O) groups is 1. The van der Waals surface area contributed by atoms with Crippen LogP contribution in [0.5, 0.6) is 0 Å². The van der Waals surface area contributed by atoms with Gasteiger partial charge in [0.05, 0.1) is 12.6 Å². The first-order valence-corrected chi connectivity index (χ1v) is 4.87. The lowest BCUT2D eigenvalue weighted by molar-refractivity contribution is 0.229. The van der Waals surface area contributed by atoms with Crippen LogP contribution in [0.2, 0.25) is 0 Å². The molecule has 0 spiro atoms. The molecule has 0 saturated carbocycles. The van der Waals surface area contributed by atoms with Gasteiger partial charge in [0.2, 0.25) is 0 Å². The number of nitrogens with two attached hydrogens (primary N) is 1. The molecule has 5 nitrogen and oxygen atoms in total. The van der Waals surface area contributed by atoms with Crippen molar-refractivity contribution < 1.29 is 9.90 Å². The fourth-order valence-corrected chi connectivity index (χ4v) is 1.92. The molecule has 1 aliphatic rings. The minimum atomic E-state index is -0.561. The summed E-state index contributed by atoms with van der Waals surface area (Å²) in [6.07, 6.45) is 3.16. The molecule has 1 aliphatic heterocycles. The van der Waals surface area contributed by atoms with E-state index in [1.165, 1.54) is 4.90 Å². The van der Waals surface area contributed by atoms with Crippen molar-refractivity contribution in [1.29, 1.82) is 0 Å². The van der Waals surface area contributed by atoms with Crippen LogP contribution in [0.4, 0.5) is 10.6 Å². The Morgan fingerprint density at radius 2 is 2.53 bits per heavy atom. The van der Waals surface area contributed by atoms with Crippen molar-refractivity contribution >= 4 is 11.8 Å². The van der Waals surface area contributed by atoms with Gasteiger partial charge >= 0.3 is 6.03 Å². The minimum Gasteiger partial charge on any atom is -0.394 e. The van der Waals surface area contributed by atoms with E-state index in [-0.39, 0.29) is 12.6 Å². The third-order valence-corrected chi connectivity index (χ3v) is 2.66. The fraction of sp³-hybridized carbons (Fsp3) is 0.400. The van der Waals surface area contributed by atoms with Crippen molar-refractivity contribution in [3.05, 3.63) is 23.9 Å². The molecule has 2 amide bonds. The van der Waals surface area contributed by atoms with Crippen molar-refractivity contribution in [2.45, 2.75) is 18.9 Å². The van der Waals surface area contributed by atoms with Crippen molar-refractivity contribution in [3.63, 3.8) is 0 Å². The number of carbonyl (C=O) groups excluding carboxylic acids is 1. The van der Waals surface area contributed by atoms with E-state index in [9.17, 15) is 4.79 Å². The number of aliphatic hydroxyl groups excluding tert-OH is 1. The smallest absolute Gasteiger partial charge is 0.320 e. The number of hydrogen-bond acceptors (Lipinski definition) is 3. The summed E-state index contributed by atoms with van der Waals surface area (Å²) in [5.41, 5.74) is 6.28.